The third-order valence-corrected chi connectivity index (χ3v) is 5.97. The first-order valence-corrected chi connectivity index (χ1v) is 11.0. The molecular formula is C22H39NO4. The Morgan fingerprint density at radius 3 is 2.63 bits per heavy atom. The van der Waals surface area contributed by atoms with E-state index in [4.69, 9.17) is 9.47 Å². The van der Waals surface area contributed by atoms with E-state index >= 15 is 0 Å². The van der Waals surface area contributed by atoms with Crippen LogP contribution in [0.3, 0.4) is 0 Å². The minimum atomic E-state index is -0.291. The van der Waals surface area contributed by atoms with Crippen LogP contribution in [-0.4, -0.2) is 48.1 Å². The lowest BCUT2D eigenvalue weighted by Gasteiger charge is -2.27. The fraction of sp³-hybridized carbons (Fsp3) is 0.864. The maximum Gasteiger partial charge on any atom is 0.242 e. The van der Waals surface area contributed by atoms with Crippen LogP contribution < -0.4 is 0 Å². The summed E-state index contributed by atoms with van der Waals surface area (Å²) < 4.78 is 12.1. The fourth-order valence-corrected chi connectivity index (χ4v) is 4.33. The molecule has 0 aromatic carbocycles. The second-order valence-electron chi connectivity index (χ2n) is 8.10. The minimum Gasteiger partial charge on any atom is -0.381 e. The standard InChI is InChI=1S/C22H39NO4/c1-3-4-5-11-16-26-17-20-19(21-13-14-22(20)27-21)12-9-7-6-8-10-15-23(25)18(2)24/h7,9,19-22,25H,3-6,8,10-17H2,1-2H3/b9-7-/t19-,20+,21-,22+/m1/s1. The zero-order chi connectivity index (χ0) is 19.5. The molecule has 5 nitrogen and oxygen atoms in total. The number of allylic oxidation sites excluding steroid dienone is 2. The van der Waals surface area contributed by atoms with Crippen molar-refractivity contribution in [3.05, 3.63) is 12.2 Å². The Hall–Kier alpha value is -0.910. The van der Waals surface area contributed by atoms with Crippen molar-refractivity contribution < 1.29 is 19.5 Å². The van der Waals surface area contributed by atoms with E-state index in [0.29, 0.717) is 30.6 Å². The van der Waals surface area contributed by atoms with Gasteiger partial charge >= 0.3 is 0 Å². The lowest BCUT2D eigenvalue weighted by Crippen LogP contribution is -2.30. The molecule has 0 aliphatic carbocycles. The summed E-state index contributed by atoms with van der Waals surface area (Å²) in [5.41, 5.74) is 0. The highest BCUT2D eigenvalue weighted by Gasteiger charge is 2.48. The van der Waals surface area contributed by atoms with Gasteiger partial charge < -0.3 is 9.47 Å². The number of hydrogen-bond acceptors (Lipinski definition) is 4. The zero-order valence-corrected chi connectivity index (χ0v) is 17.3. The summed E-state index contributed by atoms with van der Waals surface area (Å²) in [6.45, 7) is 5.77. The van der Waals surface area contributed by atoms with Gasteiger partial charge in [0.25, 0.3) is 0 Å². The number of rotatable bonds is 14. The van der Waals surface area contributed by atoms with Crippen molar-refractivity contribution in [2.45, 2.75) is 90.3 Å². The van der Waals surface area contributed by atoms with E-state index in [2.05, 4.69) is 19.1 Å². The van der Waals surface area contributed by atoms with Crippen LogP contribution in [-0.2, 0) is 14.3 Å². The third-order valence-electron chi connectivity index (χ3n) is 5.97. The van der Waals surface area contributed by atoms with Gasteiger partial charge in [0.15, 0.2) is 0 Å². The molecule has 2 aliphatic rings. The van der Waals surface area contributed by atoms with Crippen LogP contribution in [0.2, 0.25) is 0 Å². The Kier molecular flexibility index (Phi) is 10.4. The second-order valence-corrected chi connectivity index (χ2v) is 8.10. The van der Waals surface area contributed by atoms with Crippen molar-refractivity contribution in [3.63, 3.8) is 0 Å². The summed E-state index contributed by atoms with van der Waals surface area (Å²) in [6, 6.07) is 0. The number of carbonyl (C=O) groups excluding carboxylic acids is 1. The Morgan fingerprint density at radius 2 is 1.89 bits per heavy atom. The SMILES string of the molecule is CCCCCCOC[C@H]1[C@@H](C/C=C\CCCCN(O)C(C)=O)[C@H]2CC[C@@H]1O2. The van der Waals surface area contributed by atoms with Crippen molar-refractivity contribution in [1.82, 2.24) is 5.06 Å². The highest BCUT2D eigenvalue weighted by atomic mass is 16.5. The number of unbranched alkanes of at least 4 members (excludes halogenated alkanes) is 5. The summed E-state index contributed by atoms with van der Waals surface area (Å²) in [5, 5.41) is 10.1. The van der Waals surface area contributed by atoms with Crippen molar-refractivity contribution >= 4 is 5.91 Å². The molecule has 0 saturated carbocycles. The van der Waals surface area contributed by atoms with Gasteiger partial charge in [-0.1, -0.05) is 38.3 Å². The smallest absolute Gasteiger partial charge is 0.242 e. The molecule has 2 fully saturated rings. The van der Waals surface area contributed by atoms with E-state index in [0.717, 1.165) is 44.0 Å². The van der Waals surface area contributed by atoms with Crippen LogP contribution in [0.4, 0.5) is 0 Å². The van der Waals surface area contributed by atoms with Gasteiger partial charge in [-0.2, -0.15) is 0 Å². The molecule has 0 aromatic rings. The number of carbonyl (C=O) groups is 1. The van der Waals surface area contributed by atoms with Crippen LogP contribution in [0.1, 0.15) is 78.1 Å². The molecule has 0 radical (unpaired) electrons. The summed E-state index contributed by atoms with van der Waals surface area (Å²) in [6.07, 6.45) is 16.7. The molecule has 0 unspecified atom stereocenters. The minimum absolute atomic E-state index is 0.291. The van der Waals surface area contributed by atoms with Crippen molar-refractivity contribution in [2.24, 2.45) is 11.8 Å². The summed E-state index contributed by atoms with van der Waals surface area (Å²) >= 11 is 0. The normalized spacial score (nSPS) is 26.9. The number of fused-ring (bicyclic) bond motifs is 2. The molecule has 4 atom stereocenters. The van der Waals surface area contributed by atoms with Crippen molar-refractivity contribution in [1.29, 1.82) is 0 Å². The number of nitrogens with zero attached hydrogens (tertiary/aromatic N) is 1. The first-order valence-electron chi connectivity index (χ1n) is 11.0. The Labute approximate surface area is 165 Å². The van der Waals surface area contributed by atoms with Crippen molar-refractivity contribution in [3.8, 4) is 0 Å². The summed E-state index contributed by atoms with van der Waals surface area (Å²) in [7, 11) is 0. The molecule has 2 bridgehead atoms. The van der Waals surface area contributed by atoms with Gasteiger partial charge in [-0.15, -0.1) is 0 Å². The number of amides is 1. The molecule has 156 valence electrons. The summed E-state index contributed by atoms with van der Waals surface area (Å²) in [5.74, 6) is 0.861. The summed E-state index contributed by atoms with van der Waals surface area (Å²) in [4.78, 5) is 10.9. The van der Waals surface area contributed by atoms with E-state index in [1.165, 1.54) is 45.4 Å². The first-order chi connectivity index (χ1) is 13.1. The first kappa shape index (κ1) is 22.4. The molecule has 2 saturated heterocycles. The third kappa shape index (κ3) is 7.55. The lowest BCUT2D eigenvalue weighted by atomic mass is 9.78. The fourth-order valence-electron chi connectivity index (χ4n) is 4.33. The molecule has 2 aliphatic heterocycles. The average molecular weight is 382 g/mol. The average Bonchev–Trinajstić information content (AvgIpc) is 3.25. The second kappa shape index (κ2) is 12.5. The molecule has 1 N–H and O–H groups in total. The van der Waals surface area contributed by atoms with Crippen LogP contribution in [0.5, 0.6) is 0 Å². The zero-order valence-electron chi connectivity index (χ0n) is 17.3. The highest BCUT2D eigenvalue weighted by molar-refractivity contribution is 5.71. The number of ether oxygens (including phenoxy) is 2. The molecule has 2 rings (SSSR count). The molecule has 27 heavy (non-hydrogen) atoms. The molecule has 5 heteroatoms. The predicted molar refractivity (Wildman–Crippen MR) is 107 cm³/mol. The Bertz CT molecular complexity index is 454. The molecular weight excluding hydrogens is 342 g/mol. The van der Waals surface area contributed by atoms with Gasteiger partial charge in [-0.05, 0) is 50.9 Å². The van der Waals surface area contributed by atoms with E-state index in [9.17, 15) is 10.0 Å². The van der Waals surface area contributed by atoms with E-state index < -0.39 is 0 Å². The van der Waals surface area contributed by atoms with Gasteiger partial charge in [-0.25, -0.2) is 5.06 Å². The lowest BCUT2D eigenvalue weighted by molar-refractivity contribution is -0.162. The van der Waals surface area contributed by atoms with E-state index in [-0.39, 0.29) is 5.91 Å². The number of hydroxylamine groups is 2. The number of hydrogen-bond donors (Lipinski definition) is 1. The predicted octanol–water partition coefficient (Wildman–Crippen LogP) is 4.73. The Morgan fingerprint density at radius 1 is 1.11 bits per heavy atom. The molecule has 2 heterocycles. The molecule has 1 amide bonds. The van der Waals surface area contributed by atoms with Gasteiger partial charge in [0.2, 0.25) is 5.91 Å². The van der Waals surface area contributed by atoms with Crippen LogP contribution in [0.15, 0.2) is 12.2 Å². The van der Waals surface area contributed by atoms with E-state index in [1.807, 2.05) is 0 Å². The maximum absolute atomic E-state index is 10.9. The van der Waals surface area contributed by atoms with Crippen molar-refractivity contribution in [2.75, 3.05) is 19.8 Å². The van der Waals surface area contributed by atoms with Crippen LogP contribution in [0.25, 0.3) is 0 Å². The topological polar surface area (TPSA) is 59.0 Å². The maximum atomic E-state index is 10.9. The van der Waals surface area contributed by atoms with Crippen LogP contribution in [0, 0.1) is 11.8 Å². The quantitative estimate of drug-likeness (QED) is 0.204. The van der Waals surface area contributed by atoms with Gasteiger partial charge in [0.05, 0.1) is 18.8 Å². The monoisotopic (exact) mass is 381 g/mol. The van der Waals surface area contributed by atoms with Gasteiger partial charge in [0.1, 0.15) is 0 Å². The molecule has 0 aromatic heterocycles. The van der Waals surface area contributed by atoms with E-state index in [1.54, 1.807) is 0 Å². The highest BCUT2D eigenvalue weighted by Crippen LogP contribution is 2.45. The largest absolute Gasteiger partial charge is 0.381 e. The van der Waals surface area contributed by atoms with Crippen LogP contribution >= 0.6 is 0 Å². The molecule has 0 spiro atoms. The van der Waals surface area contributed by atoms with Gasteiger partial charge in [0, 0.05) is 26.0 Å². The van der Waals surface area contributed by atoms with Gasteiger partial charge in [-0.3, -0.25) is 10.0 Å². The Balaban J connectivity index is 1.61.